The van der Waals surface area contributed by atoms with Gasteiger partial charge in [0.2, 0.25) is 5.91 Å². The number of carbonyl (C=O) groups is 1. The third-order valence-electron chi connectivity index (χ3n) is 5.11. The van der Waals surface area contributed by atoms with E-state index in [0.717, 1.165) is 38.2 Å². The fourth-order valence-electron chi connectivity index (χ4n) is 3.42. The molecule has 0 saturated carbocycles. The molecule has 1 atom stereocenters. The Bertz CT molecular complexity index is 685. The SMILES string of the molecule is CC(C)(C(=O)NC[C@H]1CCN(Cc2cccnc2)C1)c1ccccc1. The number of hydrogen-bond acceptors (Lipinski definition) is 3. The van der Waals surface area contributed by atoms with Crippen molar-refractivity contribution < 1.29 is 4.79 Å². The van der Waals surface area contributed by atoms with Gasteiger partial charge in [-0.25, -0.2) is 0 Å². The minimum absolute atomic E-state index is 0.101. The van der Waals surface area contributed by atoms with Crippen molar-refractivity contribution in [1.82, 2.24) is 15.2 Å². The summed E-state index contributed by atoms with van der Waals surface area (Å²) in [4.78, 5) is 19.3. The van der Waals surface area contributed by atoms with Gasteiger partial charge < -0.3 is 5.32 Å². The van der Waals surface area contributed by atoms with Crippen molar-refractivity contribution in [3.63, 3.8) is 0 Å². The van der Waals surface area contributed by atoms with E-state index < -0.39 is 5.41 Å². The molecule has 1 aromatic carbocycles. The average molecular weight is 337 g/mol. The summed E-state index contributed by atoms with van der Waals surface area (Å²) < 4.78 is 0. The molecule has 1 N–H and O–H groups in total. The summed E-state index contributed by atoms with van der Waals surface area (Å²) in [6.45, 7) is 7.77. The largest absolute Gasteiger partial charge is 0.355 e. The van der Waals surface area contributed by atoms with Crippen LogP contribution in [0.5, 0.6) is 0 Å². The first-order chi connectivity index (χ1) is 12.1. The Morgan fingerprint density at radius 2 is 2.04 bits per heavy atom. The third-order valence-corrected chi connectivity index (χ3v) is 5.11. The highest BCUT2D eigenvalue weighted by Gasteiger charge is 2.30. The lowest BCUT2D eigenvalue weighted by Gasteiger charge is -2.25. The summed E-state index contributed by atoms with van der Waals surface area (Å²) >= 11 is 0. The average Bonchev–Trinajstić information content (AvgIpc) is 3.08. The monoisotopic (exact) mass is 337 g/mol. The maximum Gasteiger partial charge on any atom is 0.230 e. The zero-order chi connectivity index (χ0) is 17.7. The first-order valence-corrected chi connectivity index (χ1v) is 9.01. The van der Waals surface area contributed by atoms with Crippen LogP contribution in [0.15, 0.2) is 54.9 Å². The summed E-state index contributed by atoms with van der Waals surface area (Å²) in [6, 6.07) is 14.1. The number of likely N-dealkylation sites (tertiary alicyclic amines) is 1. The van der Waals surface area contributed by atoms with E-state index in [2.05, 4.69) is 21.3 Å². The number of amides is 1. The van der Waals surface area contributed by atoms with Gasteiger partial charge in [-0.15, -0.1) is 0 Å². The van der Waals surface area contributed by atoms with E-state index in [0.29, 0.717) is 5.92 Å². The van der Waals surface area contributed by atoms with Crippen LogP contribution < -0.4 is 5.32 Å². The zero-order valence-electron chi connectivity index (χ0n) is 15.1. The van der Waals surface area contributed by atoms with Crippen LogP contribution in [0.4, 0.5) is 0 Å². The number of benzene rings is 1. The minimum atomic E-state index is -0.505. The molecule has 1 aromatic heterocycles. The summed E-state index contributed by atoms with van der Waals surface area (Å²) in [7, 11) is 0. The number of rotatable bonds is 6. The Kier molecular flexibility index (Phi) is 5.49. The van der Waals surface area contributed by atoms with E-state index in [4.69, 9.17) is 0 Å². The summed E-state index contributed by atoms with van der Waals surface area (Å²) in [5.74, 6) is 0.622. The number of pyridine rings is 1. The molecule has 3 rings (SSSR count). The molecule has 1 amide bonds. The van der Waals surface area contributed by atoms with Crippen LogP contribution in [0.2, 0.25) is 0 Å². The second-order valence-electron chi connectivity index (χ2n) is 7.45. The Morgan fingerprint density at radius 1 is 1.24 bits per heavy atom. The minimum Gasteiger partial charge on any atom is -0.355 e. The van der Waals surface area contributed by atoms with Gasteiger partial charge in [-0.1, -0.05) is 36.4 Å². The summed E-state index contributed by atoms with van der Waals surface area (Å²) in [6.07, 6.45) is 4.87. The second-order valence-corrected chi connectivity index (χ2v) is 7.45. The van der Waals surface area contributed by atoms with Crippen LogP contribution in [-0.2, 0) is 16.8 Å². The summed E-state index contributed by atoms with van der Waals surface area (Å²) in [5, 5.41) is 3.17. The van der Waals surface area contributed by atoms with Crippen LogP contribution in [-0.4, -0.2) is 35.4 Å². The molecule has 4 heteroatoms. The van der Waals surface area contributed by atoms with Crippen LogP contribution in [0.25, 0.3) is 0 Å². The molecule has 0 aliphatic carbocycles. The molecule has 4 nitrogen and oxygen atoms in total. The molecule has 1 aliphatic rings. The maximum atomic E-state index is 12.7. The Labute approximate surface area is 150 Å². The van der Waals surface area contributed by atoms with E-state index in [9.17, 15) is 4.79 Å². The lowest BCUT2D eigenvalue weighted by molar-refractivity contribution is -0.125. The predicted octanol–water partition coefficient (Wildman–Crippen LogP) is 3.00. The number of nitrogens with one attached hydrogen (secondary N) is 1. The fourth-order valence-corrected chi connectivity index (χ4v) is 3.42. The molecule has 2 heterocycles. The number of carbonyl (C=O) groups excluding carboxylic acids is 1. The van der Waals surface area contributed by atoms with Crippen molar-refractivity contribution in [2.45, 2.75) is 32.2 Å². The number of aromatic nitrogens is 1. The third kappa shape index (κ3) is 4.45. The summed E-state index contributed by atoms with van der Waals surface area (Å²) in [5.41, 5.74) is 1.80. The van der Waals surface area contributed by atoms with E-state index in [1.54, 1.807) is 6.20 Å². The van der Waals surface area contributed by atoms with Crippen molar-refractivity contribution in [1.29, 1.82) is 0 Å². The van der Waals surface area contributed by atoms with Gasteiger partial charge >= 0.3 is 0 Å². The Morgan fingerprint density at radius 3 is 2.76 bits per heavy atom. The maximum absolute atomic E-state index is 12.7. The molecule has 0 bridgehead atoms. The van der Waals surface area contributed by atoms with E-state index >= 15 is 0 Å². The quantitative estimate of drug-likeness (QED) is 0.881. The molecule has 0 unspecified atom stereocenters. The van der Waals surface area contributed by atoms with E-state index in [1.807, 2.05) is 56.4 Å². The van der Waals surface area contributed by atoms with Crippen molar-refractivity contribution in [2.24, 2.45) is 5.92 Å². The van der Waals surface area contributed by atoms with Gasteiger partial charge in [0, 0.05) is 32.0 Å². The normalized spacial score (nSPS) is 18.2. The molecule has 25 heavy (non-hydrogen) atoms. The standard InChI is InChI=1S/C21H27N3O/c1-21(2,19-8-4-3-5-9-19)20(25)23-14-18-10-12-24(16-18)15-17-7-6-11-22-13-17/h3-9,11,13,18H,10,12,14-16H2,1-2H3,(H,23,25)/t18-/m1/s1. The van der Waals surface area contributed by atoms with Gasteiger partial charge in [0.1, 0.15) is 0 Å². The van der Waals surface area contributed by atoms with E-state index in [-0.39, 0.29) is 5.91 Å². The molecular formula is C21H27N3O. The molecule has 1 fully saturated rings. The van der Waals surface area contributed by atoms with Gasteiger partial charge in [0.15, 0.2) is 0 Å². The van der Waals surface area contributed by atoms with Crippen molar-refractivity contribution >= 4 is 5.91 Å². The molecular weight excluding hydrogens is 310 g/mol. The lowest BCUT2D eigenvalue weighted by atomic mass is 9.83. The van der Waals surface area contributed by atoms with E-state index in [1.165, 1.54) is 5.56 Å². The topological polar surface area (TPSA) is 45.2 Å². The highest BCUT2D eigenvalue weighted by molar-refractivity contribution is 5.87. The molecule has 0 radical (unpaired) electrons. The fraction of sp³-hybridized carbons (Fsp3) is 0.429. The first kappa shape index (κ1) is 17.6. The van der Waals surface area contributed by atoms with Crippen LogP contribution >= 0.6 is 0 Å². The van der Waals surface area contributed by atoms with Gasteiger partial charge in [-0.2, -0.15) is 0 Å². The smallest absolute Gasteiger partial charge is 0.230 e. The van der Waals surface area contributed by atoms with Gasteiger partial charge in [-0.05, 0) is 49.9 Å². The molecule has 0 spiro atoms. The van der Waals surface area contributed by atoms with Gasteiger partial charge in [-0.3, -0.25) is 14.7 Å². The molecule has 132 valence electrons. The van der Waals surface area contributed by atoms with Crippen LogP contribution in [0, 0.1) is 5.92 Å². The highest BCUT2D eigenvalue weighted by Crippen LogP contribution is 2.24. The number of hydrogen-bond donors (Lipinski definition) is 1. The first-order valence-electron chi connectivity index (χ1n) is 9.01. The molecule has 1 aliphatic heterocycles. The van der Waals surface area contributed by atoms with Crippen molar-refractivity contribution in [3.8, 4) is 0 Å². The predicted molar refractivity (Wildman–Crippen MR) is 100 cm³/mol. The van der Waals surface area contributed by atoms with Gasteiger partial charge in [0.05, 0.1) is 5.41 Å². The van der Waals surface area contributed by atoms with Crippen LogP contribution in [0.3, 0.4) is 0 Å². The molecule has 1 saturated heterocycles. The van der Waals surface area contributed by atoms with Crippen LogP contribution in [0.1, 0.15) is 31.4 Å². The van der Waals surface area contributed by atoms with Gasteiger partial charge in [0.25, 0.3) is 0 Å². The second kappa shape index (κ2) is 7.79. The highest BCUT2D eigenvalue weighted by atomic mass is 16.2. The van der Waals surface area contributed by atoms with Crippen molar-refractivity contribution in [3.05, 3.63) is 66.0 Å². The Balaban J connectivity index is 1.48. The van der Waals surface area contributed by atoms with Crippen molar-refractivity contribution in [2.75, 3.05) is 19.6 Å². The Hall–Kier alpha value is -2.20. The molecule has 2 aromatic rings. The lowest BCUT2D eigenvalue weighted by Crippen LogP contribution is -2.42. The zero-order valence-corrected chi connectivity index (χ0v) is 15.1. The number of nitrogens with zero attached hydrogens (tertiary/aromatic N) is 2.